The Labute approximate surface area is 187 Å². The molecule has 3 rings (SSSR count). The van der Waals surface area contributed by atoms with Crippen LogP contribution in [0, 0.1) is 12.3 Å². The number of terminal acetylenes is 1. The van der Waals surface area contributed by atoms with Gasteiger partial charge < -0.3 is 14.4 Å². The lowest BCUT2D eigenvalue weighted by Gasteiger charge is -2.27. The van der Waals surface area contributed by atoms with Crippen molar-refractivity contribution >= 4 is 50.8 Å². The number of hydrogen-bond donors (Lipinski definition) is 0. The van der Waals surface area contributed by atoms with Gasteiger partial charge in [0.2, 0.25) is 5.91 Å². The number of imide groups is 1. The molecule has 0 aliphatic carbocycles. The third-order valence-corrected chi connectivity index (χ3v) is 6.22. The zero-order chi connectivity index (χ0) is 21.7. The number of likely N-dealkylation sites (tertiary alicyclic amines) is 1. The molecule has 158 valence electrons. The SMILES string of the molecule is C#CCOc1c(Br)cc(/C=C2\SC(=O)N(CC(=O)N3CCCCC3)C2=O)cc1OC. The molecule has 0 atom stereocenters. The van der Waals surface area contributed by atoms with Crippen LogP contribution in [0.25, 0.3) is 6.08 Å². The number of nitrogens with zero attached hydrogens (tertiary/aromatic N) is 2. The van der Waals surface area contributed by atoms with Crippen LogP contribution in [0.2, 0.25) is 0 Å². The summed E-state index contributed by atoms with van der Waals surface area (Å²) in [6, 6.07) is 3.42. The number of carbonyl (C=O) groups excluding carboxylic acids is 3. The zero-order valence-corrected chi connectivity index (χ0v) is 18.9. The van der Waals surface area contributed by atoms with Crippen LogP contribution in [0.1, 0.15) is 24.8 Å². The first-order valence-electron chi connectivity index (χ1n) is 9.41. The fraction of sp³-hybridized carbons (Fsp3) is 0.381. The molecule has 2 aliphatic rings. The molecule has 0 aromatic heterocycles. The van der Waals surface area contributed by atoms with Crippen LogP contribution in [0.3, 0.4) is 0 Å². The van der Waals surface area contributed by atoms with Gasteiger partial charge in [0.15, 0.2) is 11.5 Å². The first-order valence-corrected chi connectivity index (χ1v) is 11.0. The average Bonchev–Trinajstić information content (AvgIpc) is 3.00. The fourth-order valence-corrected chi connectivity index (χ4v) is 4.66. The van der Waals surface area contributed by atoms with Gasteiger partial charge in [0.1, 0.15) is 13.2 Å². The van der Waals surface area contributed by atoms with E-state index >= 15 is 0 Å². The average molecular weight is 493 g/mol. The molecule has 2 saturated heterocycles. The summed E-state index contributed by atoms with van der Waals surface area (Å²) < 4.78 is 11.4. The summed E-state index contributed by atoms with van der Waals surface area (Å²) >= 11 is 4.23. The van der Waals surface area contributed by atoms with Gasteiger partial charge in [-0.3, -0.25) is 19.3 Å². The van der Waals surface area contributed by atoms with Crippen molar-refractivity contribution in [2.75, 3.05) is 33.4 Å². The van der Waals surface area contributed by atoms with Crippen molar-refractivity contribution in [3.63, 3.8) is 0 Å². The van der Waals surface area contributed by atoms with Gasteiger partial charge in [0, 0.05) is 13.1 Å². The van der Waals surface area contributed by atoms with Gasteiger partial charge in [-0.2, -0.15) is 0 Å². The molecule has 1 aromatic rings. The molecule has 9 heteroatoms. The summed E-state index contributed by atoms with van der Waals surface area (Å²) in [5.74, 6) is 2.61. The van der Waals surface area contributed by atoms with E-state index in [2.05, 4.69) is 21.9 Å². The number of halogens is 1. The highest BCUT2D eigenvalue weighted by Gasteiger charge is 2.37. The van der Waals surface area contributed by atoms with Crippen LogP contribution < -0.4 is 9.47 Å². The van der Waals surface area contributed by atoms with E-state index in [4.69, 9.17) is 15.9 Å². The number of rotatable bonds is 6. The predicted molar refractivity (Wildman–Crippen MR) is 118 cm³/mol. The van der Waals surface area contributed by atoms with Gasteiger partial charge in [0.05, 0.1) is 16.5 Å². The Bertz CT molecular complexity index is 934. The molecule has 2 aliphatic heterocycles. The van der Waals surface area contributed by atoms with E-state index in [-0.39, 0.29) is 24.0 Å². The van der Waals surface area contributed by atoms with Crippen molar-refractivity contribution in [2.24, 2.45) is 0 Å². The van der Waals surface area contributed by atoms with Gasteiger partial charge in [-0.25, -0.2) is 0 Å². The standard InChI is InChI=1S/C21H21BrN2O5S/c1-3-9-29-19-15(22)10-14(11-16(19)28-2)12-17-20(26)24(21(27)30-17)13-18(25)23-7-5-4-6-8-23/h1,10-12H,4-9,13H2,2H3/b17-12-. The van der Waals surface area contributed by atoms with E-state index in [0.717, 1.165) is 35.9 Å². The lowest BCUT2D eigenvalue weighted by Crippen LogP contribution is -2.44. The summed E-state index contributed by atoms with van der Waals surface area (Å²) in [5, 5.41) is -0.448. The Hall–Kier alpha value is -2.44. The van der Waals surface area contributed by atoms with Gasteiger partial charge in [0.25, 0.3) is 11.1 Å². The van der Waals surface area contributed by atoms with E-state index < -0.39 is 11.1 Å². The molecule has 1 aromatic carbocycles. The summed E-state index contributed by atoms with van der Waals surface area (Å²) in [6.07, 6.45) is 9.82. The molecule has 30 heavy (non-hydrogen) atoms. The van der Waals surface area contributed by atoms with E-state index in [1.165, 1.54) is 7.11 Å². The molecule has 0 unspecified atom stereocenters. The highest BCUT2D eigenvalue weighted by molar-refractivity contribution is 9.10. The number of amides is 3. The minimum Gasteiger partial charge on any atom is -0.493 e. The smallest absolute Gasteiger partial charge is 0.294 e. The first-order chi connectivity index (χ1) is 14.4. The van der Waals surface area contributed by atoms with Gasteiger partial charge in [-0.1, -0.05) is 5.92 Å². The largest absolute Gasteiger partial charge is 0.493 e. The van der Waals surface area contributed by atoms with E-state index in [1.54, 1.807) is 23.1 Å². The predicted octanol–water partition coefficient (Wildman–Crippen LogP) is 3.52. The third kappa shape index (κ3) is 4.99. The molecule has 2 heterocycles. The lowest BCUT2D eigenvalue weighted by atomic mass is 10.1. The summed E-state index contributed by atoms with van der Waals surface area (Å²) in [6.45, 7) is 1.20. The maximum absolute atomic E-state index is 12.7. The van der Waals surface area contributed by atoms with Crippen LogP contribution in [-0.2, 0) is 9.59 Å². The second-order valence-electron chi connectivity index (χ2n) is 6.74. The molecular weight excluding hydrogens is 472 g/mol. The second-order valence-corrected chi connectivity index (χ2v) is 8.58. The monoisotopic (exact) mass is 492 g/mol. The van der Waals surface area contributed by atoms with Crippen LogP contribution in [0.15, 0.2) is 21.5 Å². The van der Waals surface area contributed by atoms with E-state index in [1.807, 2.05) is 0 Å². The highest BCUT2D eigenvalue weighted by Crippen LogP contribution is 2.39. The second kappa shape index (κ2) is 10.0. The number of benzene rings is 1. The van der Waals surface area contributed by atoms with Crippen LogP contribution >= 0.6 is 27.7 Å². The molecule has 3 amide bonds. The van der Waals surface area contributed by atoms with Gasteiger partial charge in [-0.05, 0) is 70.7 Å². The third-order valence-electron chi connectivity index (χ3n) is 4.73. The van der Waals surface area contributed by atoms with E-state index in [9.17, 15) is 14.4 Å². The number of carbonyl (C=O) groups is 3. The molecule has 0 spiro atoms. The number of piperidine rings is 1. The Balaban J connectivity index is 1.77. The van der Waals surface area contributed by atoms with Crippen molar-refractivity contribution in [3.8, 4) is 23.8 Å². The molecule has 0 bridgehead atoms. The topological polar surface area (TPSA) is 76.2 Å². The van der Waals surface area contributed by atoms with Crippen LogP contribution in [-0.4, -0.2) is 60.2 Å². The summed E-state index contributed by atoms with van der Waals surface area (Å²) in [4.78, 5) is 40.5. The highest BCUT2D eigenvalue weighted by atomic mass is 79.9. The minimum atomic E-state index is -0.474. The summed E-state index contributed by atoms with van der Waals surface area (Å²) in [7, 11) is 1.49. The lowest BCUT2D eigenvalue weighted by molar-refractivity contribution is -0.136. The Morgan fingerprint density at radius 2 is 2.03 bits per heavy atom. The molecular formula is C21H21BrN2O5S. The Morgan fingerprint density at radius 3 is 2.70 bits per heavy atom. The molecule has 0 radical (unpaired) electrons. The number of methoxy groups -OCH3 is 1. The number of ether oxygens (including phenoxy) is 2. The Kier molecular flexibility index (Phi) is 7.45. The van der Waals surface area contributed by atoms with Crippen LogP contribution in [0.4, 0.5) is 4.79 Å². The van der Waals surface area contributed by atoms with Crippen molar-refractivity contribution in [3.05, 3.63) is 27.1 Å². The first kappa shape index (κ1) is 22.2. The molecule has 0 saturated carbocycles. The fourth-order valence-electron chi connectivity index (χ4n) is 3.24. The quantitative estimate of drug-likeness (QED) is 0.446. The number of thioether (sulfide) groups is 1. The van der Waals surface area contributed by atoms with Crippen molar-refractivity contribution in [1.82, 2.24) is 9.80 Å². The zero-order valence-electron chi connectivity index (χ0n) is 16.5. The molecule has 2 fully saturated rings. The van der Waals surface area contributed by atoms with E-state index in [0.29, 0.717) is 34.6 Å². The van der Waals surface area contributed by atoms with Gasteiger partial charge >= 0.3 is 0 Å². The van der Waals surface area contributed by atoms with Crippen LogP contribution in [0.5, 0.6) is 11.5 Å². The minimum absolute atomic E-state index is 0.0816. The number of hydrogen-bond acceptors (Lipinski definition) is 6. The normalized spacial score (nSPS) is 18.0. The van der Waals surface area contributed by atoms with Crippen molar-refractivity contribution in [1.29, 1.82) is 0 Å². The Morgan fingerprint density at radius 1 is 1.30 bits per heavy atom. The van der Waals surface area contributed by atoms with Crippen molar-refractivity contribution < 1.29 is 23.9 Å². The molecule has 7 nitrogen and oxygen atoms in total. The van der Waals surface area contributed by atoms with Crippen molar-refractivity contribution in [2.45, 2.75) is 19.3 Å². The maximum atomic E-state index is 12.7. The maximum Gasteiger partial charge on any atom is 0.294 e. The van der Waals surface area contributed by atoms with Gasteiger partial charge in [-0.15, -0.1) is 6.42 Å². The summed E-state index contributed by atoms with van der Waals surface area (Å²) in [5.41, 5.74) is 0.639. The molecule has 0 N–H and O–H groups in total.